The van der Waals surface area contributed by atoms with Crippen LogP contribution in [0.5, 0.6) is 5.75 Å². The topological polar surface area (TPSA) is 49.7 Å². The molecule has 0 bridgehead atoms. The lowest BCUT2D eigenvalue weighted by Crippen LogP contribution is -2.54. The molecule has 0 saturated carbocycles. The fourth-order valence-corrected chi connectivity index (χ4v) is 9.82. The van der Waals surface area contributed by atoms with Crippen LogP contribution in [0.15, 0.2) is 40.5 Å². The highest BCUT2D eigenvalue weighted by molar-refractivity contribution is 14.1. The highest BCUT2D eigenvalue weighted by atomic mass is 127. The highest BCUT2D eigenvalue weighted by Crippen LogP contribution is 2.38. The number of halogens is 1. The van der Waals surface area contributed by atoms with Crippen molar-refractivity contribution in [3.05, 3.63) is 39.1 Å². The van der Waals surface area contributed by atoms with E-state index in [4.69, 9.17) is 4.99 Å². The molecule has 3 nitrogen and oxygen atoms in total. The smallest absolute Gasteiger partial charge is 0.178 e. The number of ketones is 1. The van der Waals surface area contributed by atoms with E-state index in [0.29, 0.717) is 5.75 Å². The van der Waals surface area contributed by atoms with Crippen molar-refractivity contribution in [2.45, 2.75) is 25.9 Å². The number of aliphatic imine (C=N–C) groups is 1. The molecule has 1 aromatic carbocycles. The van der Waals surface area contributed by atoms with Gasteiger partial charge in [-0.25, -0.2) is 4.99 Å². The molecule has 1 aliphatic carbocycles. The predicted octanol–water partition coefficient (Wildman–Crippen LogP) is 3.38. The second-order valence-electron chi connectivity index (χ2n) is 5.37. The van der Waals surface area contributed by atoms with Gasteiger partial charge in [-0.2, -0.15) is 0 Å². The fraction of sp³-hybridized carbons (Fsp3) is 0.250. The van der Waals surface area contributed by atoms with Crippen LogP contribution in [0.1, 0.15) is 13.8 Å². The monoisotopic (exact) mass is 409 g/mol. The third-order valence-electron chi connectivity index (χ3n) is 4.51. The minimum Gasteiger partial charge on any atom is -0.507 e. The Morgan fingerprint density at radius 3 is 2.62 bits per heavy atom. The van der Waals surface area contributed by atoms with Gasteiger partial charge in [0.1, 0.15) is 13.8 Å². The first kappa shape index (κ1) is 14.7. The normalized spacial score (nSPS) is 18.7. The minimum absolute atomic E-state index is 0.0429. The van der Waals surface area contributed by atoms with Gasteiger partial charge in [0, 0.05) is 0 Å². The number of phenolic OH excluding ortho intramolecular Hbond substituents is 1. The number of hydrogen-bond acceptors (Lipinski definition) is 3. The second-order valence-corrected chi connectivity index (χ2v) is 11.1. The van der Waals surface area contributed by atoms with E-state index in [2.05, 4.69) is 36.4 Å². The quantitative estimate of drug-likeness (QED) is 0.463. The van der Waals surface area contributed by atoms with Crippen molar-refractivity contribution in [1.82, 2.24) is 0 Å². The number of aromatic hydroxyl groups is 1. The van der Waals surface area contributed by atoms with Crippen molar-refractivity contribution in [2.75, 3.05) is 0 Å². The molecule has 0 atom stereocenters. The standard InChI is InChI=1S/C16H16INO2Si/c1-3-21(4-2)14-9-10(19)5-6-11(14)18-12-7-8-13(20)15(17)16(12)21/h5-9,20H,3-4H2,1-2H3. The number of rotatable bonds is 2. The lowest BCUT2D eigenvalue weighted by Gasteiger charge is -2.38. The zero-order chi connectivity index (χ0) is 15.2. The van der Waals surface area contributed by atoms with Gasteiger partial charge in [0.25, 0.3) is 0 Å². The molecule has 0 aromatic heterocycles. The Bertz CT molecular complexity index is 730. The number of allylic oxidation sites excluding steroid dienone is 4. The lowest BCUT2D eigenvalue weighted by atomic mass is 10.1. The summed E-state index contributed by atoms with van der Waals surface area (Å²) in [6.07, 6.45) is 5.19. The van der Waals surface area contributed by atoms with Crippen LogP contribution in [-0.4, -0.2) is 24.7 Å². The molecule has 0 fully saturated rings. The van der Waals surface area contributed by atoms with Crippen LogP contribution in [0.3, 0.4) is 0 Å². The fourth-order valence-electron chi connectivity index (χ4n) is 3.35. The van der Waals surface area contributed by atoms with Crippen LogP contribution in [0.2, 0.25) is 12.1 Å². The summed E-state index contributed by atoms with van der Waals surface area (Å²) >= 11 is 2.21. The molecule has 108 valence electrons. The Hall–Kier alpha value is -1.21. The van der Waals surface area contributed by atoms with Gasteiger partial charge in [-0.15, -0.1) is 0 Å². The third-order valence-corrected chi connectivity index (χ3v) is 11.4. The number of hydrogen-bond donors (Lipinski definition) is 1. The molecule has 1 aliphatic heterocycles. The average molecular weight is 409 g/mol. The van der Waals surface area contributed by atoms with Crippen molar-refractivity contribution in [3.8, 4) is 5.75 Å². The maximum Gasteiger partial charge on any atom is 0.178 e. The summed E-state index contributed by atoms with van der Waals surface area (Å²) in [5.74, 6) is 0.353. The maximum absolute atomic E-state index is 11.9. The van der Waals surface area contributed by atoms with Gasteiger partial charge in [0.2, 0.25) is 0 Å². The number of nitrogens with zero attached hydrogens (tertiary/aromatic N) is 1. The summed E-state index contributed by atoms with van der Waals surface area (Å²) in [6, 6.07) is 5.61. The van der Waals surface area contributed by atoms with Crippen LogP contribution >= 0.6 is 22.6 Å². The van der Waals surface area contributed by atoms with Crippen LogP contribution in [0.4, 0.5) is 5.69 Å². The molecule has 0 spiro atoms. The van der Waals surface area contributed by atoms with Crippen molar-refractivity contribution in [2.24, 2.45) is 4.99 Å². The summed E-state index contributed by atoms with van der Waals surface area (Å²) in [4.78, 5) is 16.6. The molecular formula is C16H16INO2Si. The first-order chi connectivity index (χ1) is 10.0. The van der Waals surface area contributed by atoms with Crippen molar-refractivity contribution in [1.29, 1.82) is 0 Å². The molecule has 2 aliphatic rings. The van der Waals surface area contributed by atoms with E-state index < -0.39 is 8.07 Å². The van der Waals surface area contributed by atoms with Crippen LogP contribution < -0.4 is 5.19 Å². The van der Waals surface area contributed by atoms with Crippen LogP contribution in [0, 0.1) is 3.57 Å². The van der Waals surface area contributed by atoms with Gasteiger partial charge in [0.15, 0.2) is 5.78 Å². The number of carbonyl (C=O) groups is 1. The Kier molecular flexibility index (Phi) is 3.65. The average Bonchev–Trinajstić information content (AvgIpc) is 2.49. The van der Waals surface area contributed by atoms with E-state index in [1.165, 1.54) is 5.19 Å². The molecule has 1 N–H and O–H groups in total. The third kappa shape index (κ3) is 2.05. The first-order valence-electron chi connectivity index (χ1n) is 7.08. The van der Waals surface area contributed by atoms with Gasteiger partial charge in [-0.1, -0.05) is 25.9 Å². The largest absolute Gasteiger partial charge is 0.507 e. The lowest BCUT2D eigenvalue weighted by molar-refractivity contribution is -0.110. The number of phenols is 1. The molecule has 1 aromatic rings. The Labute approximate surface area is 138 Å². The molecule has 1 heterocycles. The Morgan fingerprint density at radius 2 is 1.95 bits per heavy atom. The molecule has 0 amide bonds. The van der Waals surface area contributed by atoms with E-state index in [1.807, 2.05) is 12.1 Å². The first-order valence-corrected chi connectivity index (χ1v) is 10.6. The predicted molar refractivity (Wildman–Crippen MR) is 96.5 cm³/mol. The van der Waals surface area contributed by atoms with Gasteiger partial charge in [-0.05, 0) is 63.3 Å². The summed E-state index contributed by atoms with van der Waals surface area (Å²) in [5, 5.41) is 12.4. The molecular weight excluding hydrogens is 393 g/mol. The summed E-state index contributed by atoms with van der Waals surface area (Å²) < 4.78 is 0.895. The van der Waals surface area contributed by atoms with Crippen molar-refractivity contribution in [3.63, 3.8) is 0 Å². The van der Waals surface area contributed by atoms with Gasteiger partial charge in [-0.3, -0.25) is 4.79 Å². The number of benzene rings is 1. The van der Waals surface area contributed by atoms with Crippen LogP contribution in [-0.2, 0) is 4.79 Å². The SMILES string of the molecule is CC[Si]1(CC)C2=CC(=O)C=CC2=Nc2ccc(O)c(I)c21. The van der Waals surface area contributed by atoms with E-state index in [0.717, 1.165) is 32.3 Å². The van der Waals surface area contributed by atoms with Crippen LogP contribution in [0.25, 0.3) is 0 Å². The van der Waals surface area contributed by atoms with Gasteiger partial charge >= 0.3 is 0 Å². The number of fused-ring (bicyclic) bond motifs is 2. The van der Waals surface area contributed by atoms with Gasteiger partial charge < -0.3 is 5.11 Å². The molecule has 0 unspecified atom stereocenters. The molecule has 0 saturated heterocycles. The second kappa shape index (κ2) is 5.21. The number of carbonyl (C=O) groups excluding carboxylic acids is 1. The zero-order valence-corrected chi connectivity index (χ0v) is 15.1. The highest BCUT2D eigenvalue weighted by Gasteiger charge is 2.44. The molecule has 0 radical (unpaired) electrons. The maximum atomic E-state index is 11.9. The Balaban J connectivity index is 2.39. The van der Waals surface area contributed by atoms with Crippen molar-refractivity contribution >= 4 is 53.0 Å². The minimum atomic E-state index is -2.04. The van der Waals surface area contributed by atoms with Gasteiger partial charge in [0.05, 0.1) is 15.0 Å². The van der Waals surface area contributed by atoms with E-state index >= 15 is 0 Å². The molecule has 3 rings (SSSR count). The zero-order valence-electron chi connectivity index (χ0n) is 12.0. The summed E-state index contributed by atoms with van der Waals surface area (Å²) in [5.41, 5.74) is 1.89. The van der Waals surface area contributed by atoms with E-state index in [9.17, 15) is 9.90 Å². The summed E-state index contributed by atoms with van der Waals surface area (Å²) in [6.45, 7) is 4.37. The van der Waals surface area contributed by atoms with Crippen molar-refractivity contribution < 1.29 is 9.90 Å². The molecule has 21 heavy (non-hydrogen) atoms. The Morgan fingerprint density at radius 1 is 1.24 bits per heavy atom. The summed E-state index contributed by atoms with van der Waals surface area (Å²) in [7, 11) is -2.04. The van der Waals surface area contributed by atoms with E-state index in [-0.39, 0.29) is 5.78 Å². The van der Waals surface area contributed by atoms with E-state index in [1.54, 1.807) is 18.2 Å². The molecule has 5 heteroatoms.